The van der Waals surface area contributed by atoms with E-state index < -0.39 is 0 Å². The third kappa shape index (κ3) is 1.73. The Morgan fingerprint density at radius 2 is 1.90 bits per heavy atom. The third-order valence-electron chi connectivity index (χ3n) is 8.37. The average Bonchev–Trinajstić information content (AvgIpc) is 2.67. The van der Waals surface area contributed by atoms with Gasteiger partial charge in [-0.25, -0.2) is 0 Å². The molecule has 4 fully saturated rings. The van der Waals surface area contributed by atoms with Gasteiger partial charge in [-0.2, -0.15) is 0 Å². The van der Waals surface area contributed by atoms with Gasteiger partial charge >= 0.3 is 0 Å². The molecule has 4 aliphatic rings. The molecule has 0 aromatic carbocycles. The first-order valence-electron chi connectivity index (χ1n) is 9.22. The lowest BCUT2D eigenvalue weighted by molar-refractivity contribution is -0.173. The van der Waals surface area contributed by atoms with Crippen molar-refractivity contribution in [1.82, 2.24) is 0 Å². The Labute approximate surface area is 130 Å². The van der Waals surface area contributed by atoms with Crippen molar-refractivity contribution >= 4 is 0 Å². The van der Waals surface area contributed by atoms with Crippen molar-refractivity contribution in [3.63, 3.8) is 0 Å². The third-order valence-corrected chi connectivity index (χ3v) is 8.37. The fourth-order valence-electron chi connectivity index (χ4n) is 7.64. The van der Waals surface area contributed by atoms with E-state index in [0.29, 0.717) is 17.4 Å². The second-order valence-corrected chi connectivity index (χ2v) is 9.55. The fourth-order valence-corrected chi connectivity index (χ4v) is 7.64. The number of allylic oxidation sites excluding steroid dienone is 1. The maximum Gasteiger partial charge on any atom is 0.0493 e. The molecule has 0 aromatic heterocycles. The van der Waals surface area contributed by atoms with Crippen LogP contribution >= 0.6 is 0 Å². The van der Waals surface area contributed by atoms with Crippen molar-refractivity contribution in [1.29, 1.82) is 0 Å². The second-order valence-electron chi connectivity index (χ2n) is 9.55. The zero-order valence-corrected chi connectivity index (χ0v) is 14.0. The molecule has 1 spiro atoms. The van der Waals surface area contributed by atoms with E-state index >= 15 is 0 Å². The zero-order chi connectivity index (χ0) is 14.9. The molecule has 5 atom stereocenters. The Hall–Kier alpha value is -0.300. The molecule has 0 heterocycles. The van der Waals surface area contributed by atoms with Gasteiger partial charge in [0.2, 0.25) is 0 Å². The standard InChI is InChI=1S/C20H32O/c1-14-11-19-10-7-16-18(2,3)8-4-9-20(16,13-21)17(19)6-5-15(14)12-19/h15-17,21H,1,4-13H2,2-3H3/t15-,16-,17-,19-,20+/m1/s1. The van der Waals surface area contributed by atoms with E-state index in [1.54, 1.807) is 5.57 Å². The summed E-state index contributed by atoms with van der Waals surface area (Å²) in [5.74, 6) is 2.32. The molecular weight excluding hydrogens is 256 g/mol. The second kappa shape index (κ2) is 4.37. The molecule has 0 aliphatic heterocycles. The first-order chi connectivity index (χ1) is 9.94. The van der Waals surface area contributed by atoms with Crippen LogP contribution in [-0.2, 0) is 0 Å². The summed E-state index contributed by atoms with van der Waals surface area (Å²) in [6.45, 7) is 9.78. The summed E-state index contributed by atoms with van der Waals surface area (Å²) in [6, 6.07) is 0. The molecule has 1 heteroatoms. The summed E-state index contributed by atoms with van der Waals surface area (Å²) in [4.78, 5) is 0. The Balaban J connectivity index is 1.77. The largest absolute Gasteiger partial charge is 0.396 e. The zero-order valence-electron chi connectivity index (χ0n) is 14.0. The molecule has 2 bridgehead atoms. The lowest BCUT2D eigenvalue weighted by Gasteiger charge is -2.64. The quantitative estimate of drug-likeness (QED) is 0.677. The summed E-state index contributed by atoms with van der Waals surface area (Å²) in [5, 5.41) is 10.5. The smallest absolute Gasteiger partial charge is 0.0493 e. The highest BCUT2D eigenvalue weighted by Crippen LogP contribution is 2.72. The predicted octanol–water partition coefficient (Wildman–Crippen LogP) is 4.95. The maximum absolute atomic E-state index is 10.5. The average molecular weight is 288 g/mol. The van der Waals surface area contributed by atoms with Crippen LogP contribution in [0.5, 0.6) is 0 Å². The molecule has 4 rings (SSSR count). The molecule has 0 aromatic rings. The van der Waals surface area contributed by atoms with E-state index in [2.05, 4.69) is 20.4 Å². The number of aliphatic hydroxyl groups excluding tert-OH is 1. The van der Waals surface area contributed by atoms with Crippen molar-refractivity contribution in [2.75, 3.05) is 6.61 Å². The highest BCUT2D eigenvalue weighted by atomic mass is 16.3. The Bertz CT molecular complexity index is 464. The van der Waals surface area contributed by atoms with E-state index in [-0.39, 0.29) is 5.41 Å². The maximum atomic E-state index is 10.5. The number of hydrogen-bond acceptors (Lipinski definition) is 1. The van der Waals surface area contributed by atoms with Crippen LogP contribution in [0.2, 0.25) is 0 Å². The summed E-state index contributed by atoms with van der Waals surface area (Å²) >= 11 is 0. The van der Waals surface area contributed by atoms with Gasteiger partial charge in [0.15, 0.2) is 0 Å². The molecule has 4 saturated carbocycles. The molecule has 0 unspecified atom stereocenters. The number of hydrogen-bond donors (Lipinski definition) is 1. The minimum atomic E-state index is 0.232. The van der Waals surface area contributed by atoms with Crippen molar-refractivity contribution < 1.29 is 5.11 Å². The number of aliphatic hydroxyl groups is 1. The minimum Gasteiger partial charge on any atom is -0.396 e. The van der Waals surface area contributed by atoms with Crippen LogP contribution in [0.15, 0.2) is 12.2 Å². The molecular formula is C20H32O. The number of rotatable bonds is 1. The van der Waals surface area contributed by atoms with E-state index in [4.69, 9.17) is 0 Å². The summed E-state index contributed by atoms with van der Waals surface area (Å²) < 4.78 is 0. The van der Waals surface area contributed by atoms with Crippen LogP contribution in [0.3, 0.4) is 0 Å². The van der Waals surface area contributed by atoms with Gasteiger partial charge in [-0.1, -0.05) is 32.4 Å². The molecule has 21 heavy (non-hydrogen) atoms. The molecule has 4 aliphatic carbocycles. The molecule has 0 radical (unpaired) electrons. The van der Waals surface area contributed by atoms with Crippen molar-refractivity contribution in [2.45, 2.75) is 71.6 Å². The lowest BCUT2D eigenvalue weighted by Crippen LogP contribution is -2.58. The van der Waals surface area contributed by atoms with E-state index in [1.165, 1.54) is 57.8 Å². The molecule has 1 nitrogen and oxygen atoms in total. The molecule has 0 amide bonds. The van der Waals surface area contributed by atoms with E-state index in [9.17, 15) is 5.11 Å². The van der Waals surface area contributed by atoms with Gasteiger partial charge in [-0.15, -0.1) is 0 Å². The van der Waals surface area contributed by atoms with Crippen molar-refractivity contribution in [3.8, 4) is 0 Å². The van der Waals surface area contributed by atoms with E-state index in [1.807, 2.05) is 0 Å². The van der Waals surface area contributed by atoms with Crippen LogP contribution in [0, 0.1) is 34.0 Å². The number of fused-ring (bicyclic) bond motifs is 3. The molecule has 0 saturated heterocycles. The normalized spacial score (nSPS) is 51.4. The minimum absolute atomic E-state index is 0.232. The Morgan fingerprint density at radius 1 is 1.10 bits per heavy atom. The lowest BCUT2D eigenvalue weighted by atomic mass is 9.41. The monoisotopic (exact) mass is 288 g/mol. The van der Waals surface area contributed by atoms with Gasteiger partial charge in [0.25, 0.3) is 0 Å². The van der Waals surface area contributed by atoms with Gasteiger partial charge in [0.05, 0.1) is 0 Å². The summed E-state index contributed by atoms with van der Waals surface area (Å²) in [7, 11) is 0. The van der Waals surface area contributed by atoms with Gasteiger partial charge < -0.3 is 5.11 Å². The van der Waals surface area contributed by atoms with Gasteiger partial charge in [0, 0.05) is 12.0 Å². The summed E-state index contributed by atoms with van der Waals surface area (Å²) in [5.41, 5.74) is 2.72. The van der Waals surface area contributed by atoms with Crippen molar-refractivity contribution in [2.24, 2.45) is 34.0 Å². The topological polar surface area (TPSA) is 20.2 Å². The van der Waals surface area contributed by atoms with Crippen LogP contribution < -0.4 is 0 Å². The highest BCUT2D eigenvalue weighted by molar-refractivity contribution is 5.22. The molecule has 1 N–H and O–H groups in total. The Kier molecular flexibility index (Phi) is 2.98. The highest BCUT2D eigenvalue weighted by Gasteiger charge is 2.64. The van der Waals surface area contributed by atoms with Crippen LogP contribution in [0.4, 0.5) is 0 Å². The predicted molar refractivity (Wildman–Crippen MR) is 86.9 cm³/mol. The first kappa shape index (κ1) is 14.3. The summed E-state index contributed by atoms with van der Waals surface area (Å²) in [6.07, 6.45) is 12.1. The SMILES string of the molecule is C=C1C[C@@]23CC[C@@H]4C(C)(C)CCC[C@@]4(CO)[C@@H]2CC[C@@H]1C3. The van der Waals surface area contributed by atoms with Crippen molar-refractivity contribution in [3.05, 3.63) is 12.2 Å². The van der Waals surface area contributed by atoms with Gasteiger partial charge in [0.1, 0.15) is 0 Å². The van der Waals surface area contributed by atoms with Crippen LogP contribution in [-0.4, -0.2) is 11.7 Å². The van der Waals surface area contributed by atoms with Gasteiger partial charge in [-0.05, 0) is 80.0 Å². The van der Waals surface area contributed by atoms with Crippen LogP contribution in [0.25, 0.3) is 0 Å². The van der Waals surface area contributed by atoms with Crippen LogP contribution in [0.1, 0.15) is 71.6 Å². The molecule has 118 valence electrons. The Morgan fingerprint density at radius 3 is 2.67 bits per heavy atom. The fraction of sp³-hybridized carbons (Fsp3) is 0.900. The van der Waals surface area contributed by atoms with Gasteiger partial charge in [-0.3, -0.25) is 0 Å². The van der Waals surface area contributed by atoms with E-state index in [0.717, 1.165) is 17.8 Å². The first-order valence-corrected chi connectivity index (χ1v) is 9.22.